The third-order valence-corrected chi connectivity index (χ3v) is 19.2. The fourth-order valence-electron chi connectivity index (χ4n) is 13.7. The molecule has 0 radical (unpaired) electrons. The van der Waals surface area contributed by atoms with Gasteiger partial charge in [-0.3, -0.25) is 47.9 Å². The van der Waals surface area contributed by atoms with Crippen molar-refractivity contribution in [1.82, 2.24) is 0 Å². The van der Waals surface area contributed by atoms with E-state index in [-0.39, 0.29) is 106 Å². The van der Waals surface area contributed by atoms with E-state index in [0.29, 0.717) is 16.9 Å². The van der Waals surface area contributed by atoms with Crippen LogP contribution in [0.3, 0.4) is 0 Å². The number of hydrogen-bond acceptors (Lipinski definition) is 13. The molecule has 0 unspecified atom stereocenters. The van der Waals surface area contributed by atoms with E-state index in [2.05, 4.69) is 46.4 Å². The SMILES string of the molecule is Cc1ccc(N(c2ccc(C)cc2)c2ccc(CC(C(=O)Oc3ccc(N4C(=O)c5ccc6c7c(ccc(c57)C4=O)C(=O)N(c4ccc(C(C)(C)C)cc4)C6=O)cc3)C(=O)Oc3ccc(N4C(=O)c5ccc6c7c(ccc(c57)C4=O)C(=O)N(c4ccc(C(C)(C)C)cc4)C6=O)cc3)cc2)cc1. The average Bonchev–Trinajstić information content (AvgIpc) is 0.713. The minimum absolute atomic E-state index is 0.0478. The third-order valence-electron chi connectivity index (χ3n) is 19.2. The van der Waals surface area contributed by atoms with Gasteiger partial charge in [0.2, 0.25) is 0 Å². The van der Waals surface area contributed by atoms with Crippen molar-refractivity contribution in [2.75, 3.05) is 24.5 Å². The second kappa shape index (κ2) is 24.1. The topological polar surface area (TPSA) is 205 Å². The van der Waals surface area contributed by atoms with Crippen LogP contribution in [0.15, 0.2) is 218 Å². The number of carbonyl (C=O) groups is 10. The van der Waals surface area contributed by atoms with Crippen LogP contribution < -0.4 is 34.0 Å². The molecule has 4 heterocycles. The summed E-state index contributed by atoms with van der Waals surface area (Å²) in [7, 11) is 0. The van der Waals surface area contributed by atoms with E-state index in [9.17, 15) is 47.9 Å². The summed E-state index contributed by atoms with van der Waals surface area (Å²) in [5.74, 6) is -9.01. The molecule has 0 aromatic heterocycles. The van der Waals surface area contributed by atoms with Crippen molar-refractivity contribution < 1.29 is 57.4 Å². The molecule has 4 aliphatic rings. The fourth-order valence-corrected chi connectivity index (χ4v) is 13.7. The molecule has 0 saturated carbocycles. The average molecular weight is 1330 g/mol. The molecule has 0 aliphatic carbocycles. The molecule has 0 saturated heterocycles. The number of anilines is 7. The first-order valence-electron chi connectivity index (χ1n) is 32.9. The van der Waals surface area contributed by atoms with Crippen LogP contribution in [0.25, 0.3) is 21.5 Å². The summed E-state index contributed by atoms with van der Waals surface area (Å²) in [4.78, 5) is 151. The van der Waals surface area contributed by atoms with E-state index in [0.717, 1.165) is 58.9 Å². The van der Waals surface area contributed by atoms with Gasteiger partial charge < -0.3 is 14.4 Å². The minimum atomic E-state index is -1.61. The highest BCUT2D eigenvalue weighted by molar-refractivity contribution is 6.44. The quantitative estimate of drug-likeness (QED) is 0.0456. The molecule has 17 heteroatoms. The van der Waals surface area contributed by atoms with Crippen molar-refractivity contribution in [2.45, 2.75) is 72.6 Å². The lowest BCUT2D eigenvalue weighted by atomic mass is 9.85. The molecule has 17 nitrogen and oxygen atoms in total. The Morgan fingerprint density at radius 1 is 0.317 bits per heavy atom. The number of amides is 8. The number of aryl methyl sites for hydroxylation is 2. The van der Waals surface area contributed by atoms with Gasteiger partial charge in [-0.05, 0) is 206 Å². The summed E-state index contributed by atoms with van der Waals surface area (Å²) in [5, 5.41) is 0.789. The van der Waals surface area contributed by atoms with Crippen LogP contribution in [0.2, 0.25) is 0 Å². The van der Waals surface area contributed by atoms with Gasteiger partial charge in [0.05, 0.1) is 22.7 Å². The van der Waals surface area contributed by atoms with Crippen molar-refractivity contribution in [1.29, 1.82) is 0 Å². The highest BCUT2D eigenvalue weighted by atomic mass is 16.6. The van der Waals surface area contributed by atoms with Crippen molar-refractivity contribution in [3.8, 4) is 11.5 Å². The van der Waals surface area contributed by atoms with Gasteiger partial charge in [-0.1, -0.05) is 113 Å². The third kappa shape index (κ3) is 10.9. The lowest BCUT2D eigenvalue weighted by Crippen LogP contribution is -2.43. The molecule has 0 fully saturated rings. The Kier molecular flexibility index (Phi) is 15.3. The maximum atomic E-state index is 14.7. The molecular formula is C84H63N5O12. The van der Waals surface area contributed by atoms with Gasteiger partial charge in [0.1, 0.15) is 11.5 Å². The summed E-state index contributed by atoms with van der Waals surface area (Å²) < 4.78 is 11.9. The number of carbonyl (C=O) groups excluding carboxylic acids is 10. The number of benzene rings is 11. The Bertz CT molecular complexity index is 4980. The van der Waals surface area contributed by atoms with Crippen LogP contribution in [0.5, 0.6) is 11.5 Å². The van der Waals surface area contributed by atoms with Crippen LogP contribution in [0, 0.1) is 19.8 Å². The van der Waals surface area contributed by atoms with Crippen LogP contribution in [-0.2, 0) is 26.8 Å². The molecule has 4 aliphatic heterocycles. The smallest absolute Gasteiger partial charge is 0.326 e. The van der Waals surface area contributed by atoms with E-state index in [1.807, 2.05) is 98.8 Å². The predicted molar refractivity (Wildman–Crippen MR) is 385 cm³/mol. The molecule has 0 atom stereocenters. The van der Waals surface area contributed by atoms with Crippen LogP contribution in [0.4, 0.5) is 39.8 Å². The van der Waals surface area contributed by atoms with Gasteiger partial charge in [0, 0.05) is 83.1 Å². The normalized spacial score (nSPS) is 14.2. The Hall–Kier alpha value is -12.8. The number of nitrogens with zero attached hydrogens (tertiary/aromatic N) is 5. The monoisotopic (exact) mass is 1330 g/mol. The summed E-state index contributed by atoms with van der Waals surface area (Å²) >= 11 is 0. The fraction of sp³-hybridized carbons (Fsp3) is 0.143. The van der Waals surface area contributed by atoms with Crippen LogP contribution in [0.1, 0.15) is 152 Å². The molecule has 0 N–H and O–H groups in total. The first kappa shape index (κ1) is 64.2. The largest absolute Gasteiger partial charge is 0.426 e. The summed E-state index contributed by atoms with van der Waals surface area (Å²) in [6, 6.07) is 60.9. The Balaban J connectivity index is 0.690. The van der Waals surface area contributed by atoms with E-state index >= 15 is 0 Å². The number of ether oxygens (including phenoxy) is 2. The summed E-state index contributed by atoms with van der Waals surface area (Å²) in [6.45, 7) is 16.4. The minimum Gasteiger partial charge on any atom is -0.426 e. The van der Waals surface area contributed by atoms with Crippen LogP contribution >= 0.6 is 0 Å². The Labute approximate surface area is 580 Å². The van der Waals surface area contributed by atoms with Gasteiger partial charge in [-0.25, -0.2) is 19.6 Å². The lowest BCUT2D eigenvalue weighted by molar-refractivity contribution is -0.151. The van der Waals surface area contributed by atoms with E-state index in [1.165, 1.54) is 97.1 Å². The number of imide groups is 4. The van der Waals surface area contributed by atoms with Gasteiger partial charge in [0.15, 0.2) is 5.92 Å². The molecule has 11 aromatic carbocycles. The Morgan fingerprint density at radius 2 is 0.545 bits per heavy atom. The van der Waals surface area contributed by atoms with E-state index in [1.54, 1.807) is 36.4 Å². The first-order chi connectivity index (χ1) is 48.3. The number of rotatable bonds is 13. The lowest BCUT2D eigenvalue weighted by Gasteiger charge is -2.32. The van der Waals surface area contributed by atoms with Crippen molar-refractivity contribution in [3.05, 3.63) is 291 Å². The molecule has 15 rings (SSSR count). The molecule has 101 heavy (non-hydrogen) atoms. The van der Waals surface area contributed by atoms with Crippen LogP contribution in [-0.4, -0.2) is 59.2 Å². The van der Waals surface area contributed by atoms with Gasteiger partial charge in [-0.15, -0.1) is 0 Å². The van der Waals surface area contributed by atoms with Gasteiger partial charge >= 0.3 is 11.9 Å². The Morgan fingerprint density at radius 3 is 0.782 bits per heavy atom. The van der Waals surface area contributed by atoms with E-state index < -0.39 is 65.1 Å². The van der Waals surface area contributed by atoms with Gasteiger partial charge in [0.25, 0.3) is 47.3 Å². The summed E-state index contributed by atoms with van der Waals surface area (Å²) in [5.41, 5.74) is 8.96. The molecule has 8 amide bonds. The molecule has 11 aromatic rings. The zero-order valence-corrected chi connectivity index (χ0v) is 56.2. The highest BCUT2D eigenvalue weighted by Crippen LogP contribution is 2.44. The molecule has 0 spiro atoms. The van der Waals surface area contributed by atoms with Crippen molar-refractivity contribution >= 4 is 121 Å². The maximum absolute atomic E-state index is 14.7. The number of esters is 2. The van der Waals surface area contributed by atoms with Gasteiger partial charge in [-0.2, -0.15) is 0 Å². The zero-order chi connectivity index (χ0) is 70.8. The predicted octanol–water partition coefficient (Wildman–Crippen LogP) is 16.2. The van der Waals surface area contributed by atoms with E-state index in [4.69, 9.17) is 9.47 Å². The maximum Gasteiger partial charge on any atom is 0.326 e. The second-order valence-corrected chi connectivity index (χ2v) is 27.8. The van der Waals surface area contributed by atoms with Crippen molar-refractivity contribution in [2.24, 2.45) is 5.92 Å². The standard InChI is InChI=1S/C84H63N5O12/c1-46-9-19-51(20-10-46)85(52-21-11-47(2)12-22-52)53-23-13-48(14-24-53)45-68(81(98)100-58-33-29-56(30-34-58)88-77(94)64-41-37-60-69-61(38-42-65(71(64)69)78(88)95)74(91)86(73(60)90)54-25-15-49(16-26-54)83(3,4)5)82(99)101-59-35-31-57(32-36-59)89-79(96)66-43-39-62-70-63(40-44-67(72(66)70)80(89)97)76(93)87(75(62)92)55-27-17-50(18-28-55)84(6,7)8/h9-44,68H,45H2,1-8H3. The molecule has 0 bridgehead atoms. The van der Waals surface area contributed by atoms with Crippen molar-refractivity contribution in [3.63, 3.8) is 0 Å². The number of hydrogen-bond donors (Lipinski definition) is 0. The zero-order valence-electron chi connectivity index (χ0n) is 56.2. The molecular weight excluding hydrogens is 1270 g/mol. The first-order valence-corrected chi connectivity index (χ1v) is 32.9. The molecule has 496 valence electrons. The summed E-state index contributed by atoms with van der Waals surface area (Å²) in [6.07, 6.45) is -0.209. The highest BCUT2D eigenvalue weighted by Gasteiger charge is 2.44. The second-order valence-electron chi connectivity index (χ2n) is 27.8.